The zero-order chi connectivity index (χ0) is 35.1. The molecule has 0 saturated carbocycles. The lowest BCUT2D eigenvalue weighted by atomic mass is 9.71. The summed E-state index contributed by atoms with van der Waals surface area (Å²) in [5, 5.41) is 25.5. The Morgan fingerprint density at radius 2 is 1.70 bits per heavy atom. The van der Waals surface area contributed by atoms with Crippen LogP contribution in [0.5, 0.6) is 0 Å². The number of hydrogen-bond donors (Lipinski definition) is 2. The summed E-state index contributed by atoms with van der Waals surface area (Å²) in [5.41, 5.74) is 1.88. The van der Waals surface area contributed by atoms with Gasteiger partial charge in [-0.2, -0.15) is 0 Å². The van der Waals surface area contributed by atoms with Gasteiger partial charge in [0.25, 0.3) is 0 Å². The van der Waals surface area contributed by atoms with Crippen LogP contribution in [0.25, 0.3) is 6.08 Å². The summed E-state index contributed by atoms with van der Waals surface area (Å²) in [6.45, 7) is 16.9. The second kappa shape index (κ2) is 19.8. The fourth-order valence-electron chi connectivity index (χ4n) is 5.75. The number of aliphatic hydroxyl groups excluding tert-OH is 2. The van der Waals surface area contributed by atoms with Crippen LogP contribution >= 0.6 is 11.3 Å². The van der Waals surface area contributed by atoms with Crippen molar-refractivity contribution in [3.05, 3.63) is 69.7 Å². The molecule has 0 amide bonds. The molecule has 0 spiro atoms. The maximum absolute atomic E-state index is 12.3. The molecule has 0 radical (unpaired) electrons. The molecule has 0 aliphatic carbocycles. The van der Waals surface area contributed by atoms with Crippen LogP contribution in [0.2, 0.25) is 0 Å². The van der Waals surface area contributed by atoms with Crippen molar-refractivity contribution in [3.63, 3.8) is 0 Å². The minimum atomic E-state index is -1.08. The Morgan fingerprint density at radius 1 is 1.02 bits per heavy atom. The van der Waals surface area contributed by atoms with Crippen molar-refractivity contribution in [1.82, 2.24) is 4.98 Å². The largest absolute Gasteiger partial charge is 0.463 e. The van der Waals surface area contributed by atoms with E-state index in [1.54, 1.807) is 39.0 Å². The van der Waals surface area contributed by atoms with Crippen molar-refractivity contribution in [2.24, 2.45) is 17.3 Å². The second-order valence-electron chi connectivity index (χ2n) is 13.5. The number of aliphatic hydroxyl groups is 2. The van der Waals surface area contributed by atoms with E-state index in [-0.39, 0.29) is 42.5 Å². The fraction of sp³-hybridized carbons (Fsp3) is 0.605. The Kier molecular flexibility index (Phi) is 17.0. The summed E-state index contributed by atoms with van der Waals surface area (Å²) in [6, 6.07) is 9.94. The summed E-state index contributed by atoms with van der Waals surface area (Å²) < 4.78 is 17.3. The van der Waals surface area contributed by atoms with Crippen LogP contribution in [0.3, 0.4) is 0 Å². The van der Waals surface area contributed by atoms with Gasteiger partial charge in [0.1, 0.15) is 6.10 Å². The number of allylic oxidation sites excluding steroid dienone is 1. The first-order valence-corrected chi connectivity index (χ1v) is 17.6. The van der Waals surface area contributed by atoms with Crippen LogP contribution in [0.1, 0.15) is 104 Å². The minimum absolute atomic E-state index is 0.108. The standard InChI is InChI=1S/C38H57NO7S/c1-25(2)45-35(42)22-34(41)38(8,9)37(43)28(5)36(44-23-31-18-14-12-15-19-31)26(3)17-13-10-11-16-20-33(46-30(7)40)27(4)21-32-24-47-29(6)39-32/h11-12,14-16,18-19,21,24-26,28,33-34,36-37,41,43H,10,13,17,20,22-23H2,1-9H3/b16-11-,27-21+/t26-,28+,33-,34-,36-,37+/m0/s1. The van der Waals surface area contributed by atoms with Crippen molar-refractivity contribution in [3.8, 4) is 0 Å². The molecule has 0 saturated heterocycles. The van der Waals surface area contributed by atoms with E-state index in [0.717, 1.165) is 41.1 Å². The van der Waals surface area contributed by atoms with Gasteiger partial charge >= 0.3 is 11.9 Å². The molecule has 9 heteroatoms. The Morgan fingerprint density at radius 3 is 2.30 bits per heavy atom. The molecule has 0 aliphatic heterocycles. The van der Waals surface area contributed by atoms with Crippen molar-refractivity contribution >= 4 is 29.4 Å². The zero-order valence-corrected chi connectivity index (χ0v) is 30.6. The van der Waals surface area contributed by atoms with E-state index in [1.807, 2.05) is 62.6 Å². The van der Waals surface area contributed by atoms with Crippen molar-refractivity contribution < 1.29 is 34.0 Å². The SMILES string of the molecule is CC(=O)O[C@@H](C/C=C\CCC[C@H](C)[C@H](OCc1ccccc1)[C@@H](C)[C@@H](O)C(C)(C)[C@@H](O)CC(=O)OC(C)C)/C(C)=C/c1csc(C)n1. The van der Waals surface area contributed by atoms with Crippen LogP contribution in [-0.2, 0) is 30.4 Å². The van der Waals surface area contributed by atoms with Gasteiger partial charge in [-0.1, -0.05) is 70.2 Å². The number of ether oxygens (including phenoxy) is 3. The average molecular weight is 672 g/mol. The number of rotatable bonds is 20. The first kappa shape index (κ1) is 40.3. The molecule has 2 N–H and O–H groups in total. The van der Waals surface area contributed by atoms with E-state index < -0.39 is 23.6 Å². The molecule has 1 heterocycles. The number of aryl methyl sites for hydroxylation is 1. The Hall–Kier alpha value is -2.85. The van der Waals surface area contributed by atoms with Crippen molar-refractivity contribution in [2.75, 3.05) is 0 Å². The topological polar surface area (TPSA) is 115 Å². The molecule has 0 fully saturated rings. The van der Waals surface area contributed by atoms with Gasteiger partial charge in [0.15, 0.2) is 0 Å². The van der Waals surface area contributed by atoms with E-state index >= 15 is 0 Å². The van der Waals surface area contributed by atoms with Crippen LogP contribution < -0.4 is 0 Å². The molecule has 0 bridgehead atoms. The second-order valence-corrected chi connectivity index (χ2v) is 14.6. The monoisotopic (exact) mass is 671 g/mol. The number of aromatic nitrogens is 1. The van der Waals surface area contributed by atoms with Crippen molar-refractivity contribution in [2.45, 2.75) is 132 Å². The maximum Gasteiger partial charge on any atom is 0.308 e. The predicted molar refractivity (Wildman–Crippen MR) is 189 cm³/mol. The number of hydrogen-bond acceptors (Lipinski definition) is 9. The highest BCUT2D eigenvalue weighted by Crippen LogP contribution is 2.36. The van der Waals surface area contributed by atoms with Gasteiger partial charge in [0.05, 0.1) is 48.1 Å². The lowest BCUT2D eigenvalue weighted by Crippen LogP contribution is -2.49. The van der Waals surface area contributed by atoms with Gasteiger partial charge in [-0.25, -0.2) is 4.98 Å². The van der Waals surface area contributed by atoms with Gasteiger partial charge in [-0.15, -0.1) is 11.3 Å². The highest BCUT2D eigenvalue weighted by Gasteiger charge is 2.43. The molecule has 2 rings (SSSR count). The third-order valence-electron chi connectivity index (χ3n) is 8.59. The molecule has 0 unspecified atom stereocenters. The fourth-order valence-corrected chi connectivity index (χ4v) is 6.32. The van der Waals surface area contributed by atoms with E-state index in [0.29, 0.717) is 13.0 Å². The average Bonchev–Trinajstić information content (AvgIpc) is 3.41. The molecular formula is C38H57NO7S. The van der Waals surface area contributed by atoms with E-state index in [4.69, 9.17) is 14.2 Å². The quantitative estimate of drug-likeness (QED) is 0.0831. The molecule has 0 aliphatic rings. The number of carbonyl (C=O) groups is 2. The van der Waals surface area contributed by atoms with Gasteiger partial charge in [0.2, 0.25) is 0 Å². The number of carbonyl (C=O) groups excluding carboxylic acids is 2. The first-order chi connectivity index (χ1) is 22.1. The molecule has 6 atom stereocenters. The Labute approximate surface area is 286 Å². The van der Waals surface area contributed by atoms with E-state index in [2.05, 4.69) is 24.1 Å². The van der Waals surface area contributed by atoms with Crippen LogP contribution in [0.4, 0.5) is 0 Å². The third kappa shape index (κ3) is 14.0. The molecule has 8 nitrogen and oxygen atoms in total. The van der Waals surface area contributed by atoms with E-state index in [1.165, 1.54) is 6.92 Å². The predicted octanol–water partition coefficient (Wildman–Crippen LogP) is 7.85. The maximum atomic E-state index is 12.3. The minimum Gasteiger partial charge on any atom is -0.463 e. The highest BCUT2D eigenvalue weighted by molar-refractivity contribution is 7.09. The van der Waals surface area contributed by atoms with Crippen LogP contribution in [0.15, 0.2) is 53.4 Å². The molecule has 2 aromatic rings. The molecule has 262 valence electrons. The lowest BCUT2D eigenvalue weighted by Gasteiger charge is -2.42. The number of benzene rings is 1. The molecule has 1 aromatic carbocycles. The summed E-state index contributed by atoms with van der Waals surface area (Å²) in [5.74, 6) is -1.02. The van der Waals surface area contributed by atoms with Gasteiger partial charge < -0.3 is 24.4 Å². The number of thiazole rings is 1. The summed E-state index contributed by atoms with van der Waals surface area (Å²) in [7, 11) is 0. The van der Waals surface area contributed by atoms with Crippen molar-refractivity contribution in [1.29, 1.82) is 0 Å². The number of esters is 2. The Bertz CT molecular complexity index is 1290. The third-order valence-corrected chi connectivity index (χ3v) is 9.38. The van der Waals surface area contributed by atoms with Gasteiger partial charge in [0, 0.05) is 30.1 Å². The first-order valence-electron chi connectivity index (χ1n) is 16.7. The smallest absolute Gasteiger partial charge is 0.308 e. The van der Waals surface area contributed by atoms with Crippen LogP contribution in [0, 0.1) is 24.2 Å². The lowest BCUT2D eigenvalue weighted by molar-refractivity contribution is -0.157. The zero-order valence-electron chi connectivity index (χ0n) is 29.8. The summed E-state index contributed by atoms with van der Waals surface area (Å²) >= 11 is 1.59. The van der Waals surface area contributed by atoms with Gasteiger partial charge in [-0.3, -0.25) is 9.59 Å². The van der Waals surface area contributed by atoms with Crippen LogP contribution in [-0.4, -0.2) is 57.7 Å². The summed E-state index contributed by atoms with van der Waals surface area (Å²) in [6.07, 6.45) is 6.21. The number of unbranched alkanes of at least 4 members (excludes halogenated alkanes) is 1. The molecular weight excluding hydrogens is 614 g/mol. The normalized spacial score (nSPS) is 16.5. The number of nitrogens with zero attached hydrogens (tertiary/aromatic N) is 1. The molecule has 1 aromatic heterocycles. The highest BCUT2D eigenvalue weighted by atomic mass is 32.1. The van der Waals surface area contributed by atoms with E-state index in [9.17, 15) is 19.8 Å². The van der Waals surface area contributed by atoms with Gasteiger partial charge in [-0.05, 0) is 70.1 Å². The Balaban J connectivity index is 2.05. The molecule has 47 heavy (non-hydrogen) atoms. The summed E-state index contributed by atoms with van der Waals surface area (Å²) in [4.78, 5) is 28.5.